The summed E-state index contributed by atoms with van der Waals surface area (Å²) < 4.78 is 6.24. The van der Waals surface area contributed by atoms with Crippen molar-refractivity contribution >= 4 is 29.2 Å². The van der Waals surface area contributed by atoms with E-state index in [1.54, 1.807) is 6.07 Å². The molecular weight excluding hydrogens is 445 g/mol. The summed E-state index contributed by atoms with van der Waals surface area (Å²) >= 11 is 12.8. The Balaban J connectivity index is 1.72. The van der Waals surface area contributed by atoms with Crippen LogP contribution in [-0.2, 0) is 11.4 Å². The minimum absolute atomic E-state index is 0.242. The van der Waals surface area contributed by atoms with E-state index in [4.69, 9.17) is 27.9 Å². The summed E-state index contributed by atoms with van der Waals surface area (Å²) in [4.78, 5) is 13.9. The Labute approximate surface area is 198 Å². The number of carbonyl (C=O) groups is 1. The normalized spacial score (nSPS) is 17.6. The predicted molar refractivity (Wildman–Crippen MR) is 127 cm³/mol. The average molecular weight is 470 g/mol. The van der Waals surface area contributed by atoms with Crippen LogP contribution in [0, 0.1) is 5.92 Å². The number of carboxylic acid groups (broad SMARTS) is 1. The van der Waals surface area contributed by atoms with Crippen LogP contribution in [0.4, 0.5) is 0 Å². The molecule has 0 aliphatic carbocycles. The molecule has 32 heavy (non-hydrogen) atoms. The van der Waals surface area contributed by atoms with Crippen molar-refractivity contribution in [2.45, 2.75) is 25.5 Å². The monoisotopic (exact) mass is 469 g/mol. The van der Waals surface area contributed by atoms with E-state index in [-0.39, 0.29) is 6.04 Å². The van der Waals surface area contributed by atoms with Crippen LogP contribution in [0.1, 0.15) is 35.6 Å². The molecule has 0 aromatic heterocycles. The SMILES string of the molecule is O=C(O)C1CCCN(C(c2ccc(Cl)cc2Cl)c2ccccc2OCc2ccccc2)C1. The number of likely N-dealkylation sites (tertiary alicyclic amines) is 1. The van der Waals surface area contributed by atoms with E-state index in [9.17, 15) is 9.90 Å². The van der Waals surface area contributed by atoms with Gasteiger partial charge < -0.3 is 9.84 Å². The molecule has 1 aliphatic rings. The molecular formula is C26H25Cl2NO3. The highest BCUT2D eigenvalue weighted by molar-refractivity contribution is 6.35. The lowest BCUT2D eigenvalue weighted by atomic mass is 9.91. The van der Waals surface area contributed by atoms with Gasteiger partial charge in [0.25, 0.3) is 0 Å². The molecule has 4 rings (SSSR count). The van der Waals surface area contributed by atoms with E-state index in [1.807, 2.05) is 66.7 Å². The zero-order valence-electron chi connectivity index (χ0n) is 17.6. The number of rotatable bonds is 7. The van der Waals surface area contributed by atoms with Gasteiger partial charge in [-0.1, -0.05) is 77.8 Å². The van der Waals surface area contributed by atoms with Gasteiger partial charge in [0.15, 0.2) is 0 Å². The van der Waals surface area contributed by atoms with Crippen molar-refractivity contribution < 1.29 is 14.6 Å². The Hall–Kier alpha value is -2.53. The van der Waals surface area contributed by atoms with Crippen LogP contribution in [0.15, 0.2) is 72.8 Å². The Morgan fingerprint density at radius 3 is 2.53 bits per heavy atom. The summed E-state index contributed by atoms with van der Waals surface area (Å²) in [6, 6.07) is 23.1. The molecule has 166 valence electrons. The number of para-hydroxylation sites is 1. The molecule has 0 radical (unpaired) electrons. The van der Waals surface area contributed by atoms with Gasteiger partial charge in [0.05, 0.1) is 12.0 Å². The molecule has 3 aromatic carbocycles. The van der Waals surface area contributed by atoms with Gasteiger partial charge in [-0.2, -0.15) is 0 Å². The quantitative estimate of drug-likeness (QED) is 0.431. The van der Waals surface area contributed by atoms with Gasteiger partial charge in [-0.3, -0.25) is 9.69 Å². The van der Waals surface area contributed by atoms with Crippen molar-refractivity contribution in [3.8, 4) is 5.75 Å². The molecule has 1 aliphatic heterocycles. The Kier molecular flexibility index (Phi) is 7.36. The number of benzene rings is 3. The van der Waals surface area contributed by atoms with Gasteiger partial charge >= 0.3 is 5.97 Å². The van der Waals surface area contributed by atoms with Crippen molar-refractivity contribution in [3.05, 3.63) is 99.5 Å². The summed E-state index contributed by atoms with van der Waals surface area (Å²) in [6.07, 6.45) is 1.49. The number of hydrogen-bond donors (Lipinski definition) is 1. The van der Waals surface area contributed by atoms with Gasteiger partial charge in [-0.25, -0.2) is 0 Å². The van der Waals surface area contributed by atoms with Gasteiger partial charge in [-0.05, 0) is 48.7 Å². The lowest BCUT2D eigenvalue weighted by Crippen LogP contribution is -2.41. The van der Waals surface area contributed by atoms with Gasteiger partial charge in [-0.15, -0.1) is 0 Å². The molecule has 1 N–H and O–H groups in total. The lowest BCUT2D eigenvalue weighted by molar-refractivity contribution is -0.143. The molecule has 0 amide bonds. The number of halogens is 2. The van der Waals surface area contributed by atoms with Crippen molar-refractivity contribution in [1.29, 1.82) is 0 Å². The molecule has 6 heteroatoms. The van der Waals surface area contributed by atoms with Gasteiger partial charge in [0, 0.05) is 22.2 Å². The predicted octanol–water partition coefficient (Wildman–Crippen LogP) is 6.46. The Morgan fingerprint density at radius 2 is 1.78 bits per heavy atom. The third-order valence-corrected chi connectivity index (χ3v) is 6.44. The van der Waals surface area contributed by atoms with Gasteiger partial charge in [0.2, 0.25) is 0 Å². The topological polar surface area (TPSA) is 49.8 Å². The third kappa shape index (κ3) is 5.26. The highest BCUT2D eigenvalue weighted by atomic mass is 35.5. The van der Waals surface area contributed by atoms with Crippen LogP contribution >= 0.6 is 23.2 Å². The van der Waals surface area contributed by atoms with E-state index in [0.717, 1.165) is 35.4 Å². The smallest absolute Gasteiger partial charge is 0.307 e. The standard InChI is InChI=1S/C26H25Cl2NO3/c27-20-12-13-21(23(28)15-20)25(29-14-6-9-19(16-29)26(30)31)22-10-4-5-11-24(22)32-17-18-7-2-1-3-8-18/h1-5,7-8,10-13,15,19,25H,6,9,14,16-17H2,(H,30,31). The first-order chi connectivity index (χ1) is 15.5. The van der Waals surface area contributed by atoms with Crippen LogP contribution in [0.5, 0.6) is 5.75 Å². The molecule has 1 heterocycles. The number of ether oxygens (including phenoxy) is 1. The van der Waals surface area contributed by atoms with E-state index in [2.05, 4.69) is 4.90 Å². The molecule has 4 nitrogen and oxygen atoms in total. The van der Waals surface area contributed by atoms with E-state index < -0.39 is 11.9 Å². The van der Waals surface area contributed by atoms with Crippen LogP contribution in [0.25, 0.3) is 0 Å². The van der Waals surface area contributed by atoms with Crippen LogP contribution in [-0.4, -0.2) is 29.1 Å². The van der Waals surface area contributed by atoms with Crippen LogP contribution in [0.3, 0.4) is 0 Å². The summed E-state index contributed by atoms with van der Waals surface area (Å²) in [5, 5.41) is 10.8. The van der Waals surface area contributed by atoms with E-state index >= 15 is 0 Å². The number of nitrogens with zero attached hydrogens (tertiary/aromatic N) is 1. The highest BCUT2D eigenvalue weighted by Crippen LogP contribution is 2.40. The van der Waals surface area contributed by atoms with Crippen LogP contribution < -0.4 is 4.74 Å². The van der Waals surface area contributed by atoms with E-state index in [0.29, 0.717) is 29.6 Å². The zero-order valence-corrected chi connectivity index (χ0v) is 19.1. The molecule has 2 atom stereocenters. The Morgan fingerprint density at radius 1 is 1.03 bits per heavy atom. The minimum atomic E-state index is -0.760. The molecule has 0 saturated carbocycles. The number of carboxylic acids is 1. The minimum Gasteiger partial charge on any atom is -0.489 e. The molecule has 0 bridgehead atoms. The molecule has 0 spiro atoms. The molecule has 2 unspecified atom stereocenters. The number of hydrogen-bond acceptors (Lipinski definition) is 3. The first kappa shape index (κ1) is 22.7. The molecule has 1 fully saturated rings. The van der Waals surface area contributed by atoms with Crippen molar-refractivity contribution in [3.63, 3.8) is 0 Å². The van der Waals surface area contributed by atoms with E-state index in [1.165, 1.54) is 0 Å². The second-order valence-electron chi connectivity index (χ2n) is 8.05. The zero-order chi connectivity index (χ0) is 22.5. The number of piperidine rings is 1. The first-order valence-corrected chi connectivity index (χ1v) is 11.5. The maximum absolute atomic E-state index is 11.7. The summed E-state index contributed by atoms with van der Waals surface area (Å²) in [6.45, 7) is 1.67. The lowest BCUT2D eigenvalue weighted by Gasteiger charge is -2.38. The first-order valence-electron chi connectivity index (χ1n) is 10.7. The maximum atomic E-state index is 11.7. The fourth-order valence-corrected chi connectivity index (χ4v) is 4.81. The number of aliphatic carboxylic acids is 1. The largest absolute Gasteiger partial charge is 0.489 e. The summed E-state index contributed by atoms with van der Waals surface area (Å²) in [5.41, 5.74) is 2.92. The molecule has 3 aromatic rings. The molecule has 1 saturated heterocycles. The second-order valence-corrected chi connectivity index (χ2v) is 8.90. The fourth-order valence-electron chi connectivity index (χ4n) is 4.30. The maximum Gasteiger partial charge on any atom is 0.307 e. The average Bonchev–Trinajstić information content (AvgIpc) is 2.81. The van der Waals surface area contributed by atoms with Gasteiger partial charge in [0.1, 0.15) is 12.4 Å². The third-order valence-electron chi connectivity index (χ3n) is 5.88. The second kappa shape index (κ2) is 10.4. The summed E-state index contributed by atoms with van der Waals surface area (Å²) in [7, 11) is 0. The van der Waals surface area contributed by atoms with Crippen molar-refractivity contribution in [2.24, 2.45) is 5.92 Å². The van der Waals surface area contributed by atoms with Crippen molar-refractivity contribution in [2.75, 3.05) is 13.1 Å². The fraction of sp³-hybridized carbons (Fsp3) is 0.269. The Bertz CT molecular complexity index is 1070. The van der Waals surface area contributed by atoms with Crippen LogP contribution in [0.2, 0.25) is 10.0 Å². The summed E-state index contributed by atoms with van der Waals surface area (Å²) in [5.74, 6) is -0.413. The highest BCUT2D eigenvalue weighted by Gasteiger charge is 2.33. The van der Waals surface area contributed by atoms with Crippen molar-refractivity contribution in [1.82, 2.24) is 4.90 Å².